The average Bonchev–Trinajstić information content (AvgIpc) is 2.39. The van der Waals surface area contributed by atoms with Crippen LogP contribution in [0.25, 0.3) is 0 Å². The Morgan fingerprint density at radius 2 is 1.81 bits per heavy atom. The molecule has 7 heteroatoms. The van der Waals surface area contributed by atoms with E-state index in [-0.39, 0.29) is 17.3 Å². The number of carbonyl (C=O) groups is 1. The third kappa shape index (κ3) is 4.01. The van der Waals surface area contributed by atoms with Crippen LogP contribution < -0.4 is 0 Å². The van der Waals surface area contributed by atoms with E-state index in [1.165, 1.54) is 20.0 Å². The van der Waals surface area contributed by atoms with Crippen molar-refractivity contribution in [2.45, 2.75) is 25.7 Å². The molecule has 0 radical (unpaired) electrons. The fourth-order valence-corrected chi connectivity index (χ4v) is 3.34. The number of likely N-dealkylation sites (N-methyl/N-ethyl adjacent to an activating group) is 2. The number of sulfonamides is 1. The van der Waals surface area contributed by atoms with E-state index in [1.54, 1.807) is 4.90 Å². The number of rotatable bonds is 6. The smallest absolute Gasteiger partial charge is 0.243 e. The quantitative estimate of drug-likeness (QED) is 0.801. The molecule has 0 aromatic heterocycles. The van der Waals surface area contributed by atoms with Gasteiger partial charge in [-0.05, 0) is 44.5 Å². The molecule has 0 unspecified atom stereocenters. The average molecular weight is 316 g/mol. The highest BCUT2D eigenvalue weighted by Gasteiger charge is 2.26. The summed E-state index contributed by atoms with van der Waals surface area (Å²) in [4.78, 5) is 13.6. The second-order valence-corrected chi connectivity index (χ2v) is 6.75. The molecule has 0 saturated carbocycles. The molecule has 0 aliphatic rings. The highest BCUT2D eigenvalue weighted by molar-refractivity contribution is 7.89. The Kier molecular flexibility index (Phi) is 5.86. The van der Waals surface area contributed by atoms with Gasteiger partial charge in [-0.25, -0.2) is 12.8 Å². The van der Waals surface area contributed by atoms with E-state index >= 15 is 0 Å². The molecule has 0 saturated heterocycles. The van der Waals surface area contributed by atoms with Gasteiger partial charge in [0.15, 0.2) is 0 Å². The van der Waals surface area contributed by atoms with Crippen LogP contribution in [0.3, 0.4) is 0 Å². The summed E-state index contributed by atoms with van der Waals surface area (Å²) in [6, 6.07) is 3.48. The van der Waals surface area contributed by atoms with Crippen LogP contribution in [0.1, 0.15) is 19.4 Å². The Hall–Kier alpha value is -1.47. The van der Waals surface area contributed by atoms with Crippen molar-refractivity contribution in [2.75, 3.05) is 26.7 Å². The van der Waals surface area contributed by atoms with Gasteiger partial charge in [0.1, 0.15) is 5.82 Å². The molecule has 0 heterocycles. The summed E-state index contributed by atoms with van der Waals surface area (Å²) in [6.07, 6.45) is 0. The fraction of sp³-hybridized carbons (Fsp3) is 0.500. The lowest BCUT2D eigenvalue weighted by Gasteiger charge is -2.23. The zero-order valence-corrected chi connectivity index (χ0v) is 13.6. The van der Waals surface area contributed by atoms with Crippen molar-refractivity contribution in [3.05, 3.63) is 29.6 Å². The van der Waals surface area contributed by atoms with E-state index in [0.717, 1.165) is 16.4 Å². The monoisotopic (exact) mass is 316 g/mol. The Bertz CT molecular complexity index is 613. The second kappa shape index (κ2) is 7.00. The van der Waals surface area contributed by atoms with Crippen molar-refractivity contribution in [3.8, 4) is 0 Å². The van der Waals surface area contributed by atoms with Gasteiger partial charge in [-0.2, -0.15) is 4.31 Å². The normalized spacial score (nSPS) is 11.7. The predicted molar refractivity (Wildman–Crippen MR) is 78.9 cm³/mol. The first kappa shape index (κ1) is 17.6. The Labute approximate surface area is 125 Å². The van der Waals surface area contributed by atoms with E-state index in [9.17, 15) is 17.6 Å². The van der Waals surface area contributed by atoms with E-state index in [4.69, 9.17) is 0 Å². The molecule has 1 amide bonds. The Morgan fingerprint density at radius 3 is 2.29 bits per heavy atom. The number of aryl methyl sites for hydroxylation is 1. The van der Waals surface area contributed by atoms with Crippen LogP contribution in [-0.4, -0.2) is 50.2 Å². The van der Waals surface area contributed by atoms with Crippen molar-refractivity contribution >= 4 is 15.9 Å². The molecule has 1 aromatic rings. The van der Waals surface area contributed by atoms with Crippen molar-refractivity contribution in [1.82, 2.24) is 9.21 Å². The third-order valence-electron chi connectivity index (χ3n) is 3.30. The third-order valence-corrected chi connectivity index (χ3v) is 5.26. The predicted octanol–water partition coefficient (Wildman–Crippen LogP) is 1.62. The number of benzene rings is 1. The van der Waals surface area contributed by atoms with Crippen LogP contribution in [0.4, 0.5) is 4.39 Å². The highest BCUT2D eigenvalue weighted by atomic mass is 32.2. The molecule has 5 nitrogen and oxygen atoms in total. The fourth-order valence-electron chi connectivity index (χ4n) is 2.02. The molecule has 1 aromatic carbocycles. The first-order valence-corrected chi connectivity index (χ1v) is 8.18. The topological polar surface area (TPSA) is 57.7 Å². The zero-order chi connectivity index (χ0) is 16.2. The molecule has 0 aliphatic carbocycles. The summed E-state index contributed by atoms with van der Waals surface area (Å²) in [7, 11) is -2.47. The van der Waals surface area contributed by atoms with Gasteiger partial charge in [0.05, 0.1) is 11.4 Å². The van der Waals surface area contributed by atoms with Crippen LogP contribution in [0.15, 0.2) is 23.1 Å². The minimum Gasteiger partial charge on any atom is -0.342 e. The summed E-state index contributed by atoms with van der Waals surface area (Å²) in [5.74, 6) is -0.751. The summed E-state index contributed by atoms with van der Waals surface area (Å²) in [5.41, 5.74) is 0.317. The number of amides is 1. The number of carbonyl (C=O) groups excluding carboxylic acids is 1. The molecular weight excluding hydrogens is 295 g/mol. The highest BCUT2D eigenvalue weighted by Crippen LogP contribution is 2.19. The summed E-state index contributed by atoms with van der Waals surface area (Å²) >= 11 is 0. The van der Waals surface area contributed by atoms with Crippen LogP contribution in [0, 0.1) is 12.7 Å². The van der Waals surface area contributed by atoms with Gasteiger partial charge in [-0.1, -0.05) is 0 Å². The molecule has 0 fully saturated rings. The molecule has 0 aliphatic heterocycles. The van der Waals surface area contributed by atoms with E-state index < -0.39 is 15.8 Å². The van der Waals surface area contributed by atoms with Gasteiger partial charge in [-0.15, -0.1) is 0 Å². The van der Waals surface area contributed by atoms with Gasteiger partial charge in [-0.3, -0.25) is 4.79 Å². The van der Waals surface area contributed by atoms with Crippen molar-refractivity contribution in [1.29, 1.82) is 0 Å². The first-order valence-electron chi connectivity index (χ1n) is 6.74. The van der Waals surface area contributed by atoms with E-state index in [2.05, 4.69) is 0 Å². The van der Waals surface area contributed by atoms with E-state index in [1.807, 2.05) is 13.8 Å². The molecule has 0 atom stereocenters. The lowest BCUT2D eigenvalue weighted by atomic mass is 10.2. The van der Waals surface area contributed by atoms with Gasteiger partial charge in [0.25, 0.3) is 0 Å². The Balaban J connectivity index is 2.99. The number of nitrogens with zero attached hydrogens (tertiary/aromatic N) is 2. The number of halogens is 1. The Morgan fingerprint density at radius 1 is 1.24 bits per heavy atom. The molecule has 0 bridgehead atoms. The summed E-state index contributed by atoms with van der Waals surface area (Å²) in [6.45, 7) is 6.01. The largest absolute Gasteiger partial charge is 0.342 e. The minimum atomic E-state index is -3.81. The van der Waals surface area contributed by atoms with Crippen molar-refractivity contribution < 1.29 is 17.6 Å². The second-order valence-electron chi connectivity index (χ2n) is 4.74. The standard InChI is InChI=1S/C14H21FN2O3S/c1-5-17(6-2)14(18)10-16(4)21(19,20)13-8-7-12(15)9-11(13)3/h7-9H,5-6,10H2,1-4H3. The summed E-state index contributed by atoms with van der Waals surface area (Å²) < 4.78 is 38.9. The van der Waals surface area contributed by atoms with Crippen LogP contribution in [0.5, 0.6) is 0 Å². The van der Waals surface area contributed by atoms with Gasteiger partial charge in [0, 0.05) is 20.1 Å². The zero-order valence-electron chi connectivity index (χ0n) is 12.8. The van der Waals surface area contributed by atoms with Crippen LogP contribution in [0.2, 0.25) is 0 Å². The molecule has 1 rings (SSSR count). The molecule has 118 valence electrons. The summed E-state index contributed by atoms with van der Waals surface area (Å²) in [5, 5.41) is 0. The maximum Gasteiger partial charge on any atom is 0.243 e. The van der Waals surface area contributed by atoms with E-state index in [0.29, 0.717) is 18.7 Å². The van der Waals surface area contributed by atoms with Crippen LogP contribution >= 0.6 is 0 Å². The first-order chi connectivity index (χ1) is 9.73. The van der Waals surface area contributed by atoms with Gasteiger partial charge < -0.3 is 4.90 Å². The maximum atomic E-state index is 13.1. The SMILES string of the molecule is CCN(CC)C(=O)CN(C)S(=O)(=O)c1ccc(F)cc1C. The van der Waals surface area contributed by atoms with Crippen molar-refractivity contribution in [2.24, 2.45) is 0 Å². The van der Waals surface area contributed by atoms with Crippen molar-refractivity contribution in [3.63, 3.8) is 0 Å². The van der Waals surface area contributed by atoms with Crippen LogP contribution in [-0.2, 0) is 14.8 Å². The lowest BCUT2D eigenvalue weighted by Crippen LogP contribution is -2.41. The maximum absolute atomic E-state index is 13.1. The number of hydrogen-bond donors (Lipinski definition) is 0. The molecule has 0 N–H and O–H groups in total. The molecule has 0 spiro atoms. The molecular formula is C14H21FN2O3S. The lowest BCUT2D eigenvalue weighted by molar-refractivity contribution is -0.130. The number of hydrogen-bond acceptors (Lipinski definition) is 3. The molecule has 21 heavy (non-hydrogen) atoms. The minimum absolute atomic E-state index is 0.0127. The van der Waals surface area contributed by atoms with Gasteiger partial charge >= 0.3 is 0 Å². The van der Waals surface area contributed by atoms with Gasteiger partial charge in [0.2, 0.25) is 15.9 Å².